The number of carbonyl (C=O) groups excluding carboxylic acids is 3. The minimum Gasteiger partial charge on any atom is -0.456 e. The molecule has 0 unspecified atom stereocenters. The average Bonchev–Trinajstić information content (AvgIpc) is 2.65. The van der Waals surface area contributed by atoms with Crippen LogP contribution in [0, 0.1) is 0 Å². The lowest BCUT2D eigenvalue weighted by atomic mass is 10.2. The van der Waals surface area contributed by atoms with Crippen LogP contribution in [0.15, 0.2) is 40.9 Å². The molecular weight excluding hydrogens is 506 g/mol. The van der Waals surface area contributed by atoms with E-state index in [1.807, 2.05) is 0 Å². The maximum atomic E-state index is 11.9. The summed E-state index contributed by atoms with van der Waals surface area (Å²) >= 11 is 21.0. The molecule has 0 fully saturated rings. The van der Waals surface area contributed by atoms with E-state index in [1.165, 1.54) is 6.07 Å². The van der Waals surface area contributed by atoms with Gasteiger partial charge >= 0.3 is 5.97 Å². The summed E-state index contributed by atoms with van der Waals surface area (Å²) in [6, 6.07) is 9.70. The SMILES string of the molecule is O=C(CCCC(=O)OCC(=O)Nc1ccc(Br)cc1Cl)Nc1ccc(Cl)c(Cl)c1. The van der Waals surface area contributed by atoms with Gasteiger partial charge in [0, 0.05) is 23.0 Å². The average molecular weight is 523 g/mol. The number of carbonyl (C=O) groups is 3. The predicted octanol–water partition coefficient (Wildman–Crippen LogP) is 5.70. The lowest BCUT2D eigenvalue weighted by Crippen LogP contribution is -2.21. The number of hydrogen-bond acceptors (Lipinski definition) is 4. The Labute approximate surface area is 191 Å². The van der Waals surface area contributed by atoms with Gasteiger partial charge in [-0.2, -0.15) is 0 Å². The first-order chi connectivity index (χ1) is 13.7. The number of amides is 2. The molecule has 2 N–H and O–H groups in total. The second-order valence-electron chi connectivity index (χ2n) is 5.86. The van der Waals surface area contributed by atoms with E-state index in [-0.39, 0.29) is 25.2 Å². The molecule has 29 heavy (non-hydrogen) atoms. The Balaban J connectivity index is 1.66. The van der Waals surface area contributed by atoms with Gasteiger partial charge in [-0.3, -0.25) is 14.4 Å². The lowest BCUT2D eigenvalue weighted by molar-refractivity contribution is -0.147. The largest absolute Gasteiger partial charge is 0.456 e. The van der Waals surface area contributed by atoms with Crippen LogP contribution in [0.1, 0.15) is 19.3 Å². The van der Waals surface area contributed by atoms with Crippen LogP contribution in [0.25, 0.3) is 0 Å². The number of ether oxygens (including phenoxy) is 1. The Kier molecular flexibility index (Phi) is 9.23. The van der Waals surface area contributed by atoms with Gasteiger partial charge in [-0.15, -0.1) is 0 Å². The van der Waals surface area contributed by atoms with E-state index in [0.717, 1.165) is 4.47 Å². The first kappa shape index (κ1) is 23.5. The Bertz CT molecular complexity index is 924. The van der Waals surface area contributed by atoms with Gasteiger partial charge in [0.2, 0.25) is 5.91 Å². The molecule has 0 aliphatic rings. The number of esters is 1. The minimum absolute atomic E-state index is 0.00111. The van der Waals surface area contributed by atoms with Gasteiger partial charge in [0.25, 0.3) is 5.91 Å². The van der Waals surface area contributed by atoms with E-state index in [4.69, 9.17) is 39.5 Å². The van der Waals surface area contributed by atoms with Crippen molar-refractivity contribution >= 4 is 79.9 Å². The fourth-order valence-electron chi connectivity index (χ4n) is 2.19. The van der Waals surface area contributed by atoms with Gasteiger partial charge in [-0.1, -0.05) is 50.7 Å². The number of anilines is 2. The van der Waals surface area contributed by atoms with Crippen molar-refractivity contribution in [2.75, 3.05) is 17.2 Å². The summed E-state index contributed by atoms with van der Waals surface area (Å²) < 4.78 is 5.67. The van der Waals surface area contributed by atoms with Crippen molar-refractivity contribution in [2.24, 2.45) is 0 Å². The van der Waals surface area contributed by atoms with Crippen LogP contribution >= 0.6 is 50.7 Å². The molecule has 2 rings (SSSR count). The molecule has 0 radical (unpaired) electrons. The molecule has 0 saturated heterocycles. The van der Waals surface area contributed by atoms with Gasteiger partial charge in [-0.05, 0) is 42.8 Å². The standard InChI is InChI=1S/C19H16BrCl3N2O4/c20-11-4-7-16(15(23)8-11)25-18(27)10-29-19(28)3-1-2-17(26)24-12-5-6-13(21)14(22)9-12/h4-9H,1-3,10H2,(H,24,26)(H,25,27). The molecule has 0 bridgehead atoms. The highest BCUT2D eigenvalue weighted by atomic mass is 79.9. The van der Waals surface area contributed by atoms with E-state index in [2.05, 4.69) is 26.6 Å². The molecule has 10 heteroatoms. The highest BCUT2D eigenvalue weighted by Gasteiger charge is 2.11. The third-order valence-corrected chi connectivity index (χ3v) is 5.10. The van der Waals surface area contributed by atoms with E-state index in [1.54, 1.807) is 30.3 Å². The maximum Gasteiger partial charge on any atom is 0.306 e. The normalized spacial score (nSPS) is 10.3. The maximum absolute atomic E-state index is 11.9. The van der Waals surface area contributed by atoms with E-state index in [9.17, 15) is 14.4 Å². The molecule has 0 heterocycles. The van der Waals surface area contributed by atoms with Crippen LogP contribution in [0.2, 0.25) is 15.1 Å². The second-order valence-corrected chi connectivity index (χ2v) is 8.00. The molecule has 2 amide bonds. The highest BCUT2D eigenvalue weighted by Crippen LogP contribution is 2.26. The van der Waals surface area contributed by atoms with Gasteiger partial charge < -0.3 is 15.4 Å². The van der Waals surface area contributed by atoms with Crippen LogP contribution in [0.5, 0.6) is 0 Å². The van der Waals surface area contributed by atoms with Crippen LogP contribution in [-0.4, -0.2) is 24.4 Å². The van der Waals surface area contributed by atoms with E-state index < -0.39 is 18.5 Å². The van der Waals surface area contributed by atoms with Gasteiger partial charge in [0.05, 0.1) is 20.8 Å². The molecule has 0 saturated carbocycles. The van der Waals surface area contributed by atoms with Crippen molar-refractivity contribution < 1.29 is 19.1 Å². The molecule has 0 aromatic heterocycles. The number of hydrogen-bond donors (Lipinski definition) is 2. The molecule has 0 atom stereocenters. The zero-order chi connectivity index (χ0) is 21.4. The van der Waals surface area contributed by atoms with Gasteiger partial charge in [-0.25, -0.2) is 0 Å². The Morgan fingerprint density at radius 1 is 0.862 bits per heavy atom. The minimum atomic E-state index is -0.579. The molecule has 6 nitrogen and oxygen atoms in total. The van der Waals surface area contributed by atoms with Crippen LogP contribution in [-0.2, 0) is 19.1 Å². The fourth-order valence-corrected chi connectivity index (χ4v) is 3.20. The summed E-state index contributed by atoms with van der Waals surface area (Å²) in [7, 11) is 0. The molecule has 0 aliphatic heterocycles. The first-order valence-electron chi connectivity index (χ1n) is 8.40. The van der Waals surface area contributed by atoms with Crippen LogP contribution in [0.4, 0.5) is 11.4 Å². The number of nitrogens with one attached hydrogen (secondary N) is 2. The molecular formula is C19H16BrCl3N2O4. The summed E-state index contributed by atoms with van der Waals surface area (Å²) in [5.41, 5.74) is 0.921. The quantitative estimate of drug-likeness (QED) is 0.436. The third-order valence-electron chi connectivity index (χ3n) is 3.56. The number of benzene rings is 2. The summed E-state index contributed by atoms with van der Waals surface area (Å²) in [5.74, 6) is -1.37. The Morgan fingerprint density at radius 2 is 1.62 bits per heavy atom. The summed E-state index contributed by atoms with van der Waals surface area (Å²) in [5, 5.41) is 6.28. The zero-order valence-corrected chi connectivity index (χ0v) is 18.8. The first-order valence-corrected chi connectivity index (χ1v) is 10.3. The number of rotatable bonds is 8. The van der Waals surface area contributed by atoms with Crippen molar-refractivity contribution in [3.05, 3.63) is 55.9 Å². The number of halogens is 4. The molecule has 2 aromatic carbocycles. The second kappa shape index (κ2) is 11.4. The topological polar surface area (TPSA) is 84.5 Å². The molecule has 154 valence electrons. The monoisotopic (exact) mass is 520 g/mol. The van der Waals surface area contributed by atoms with Crippen molar-refractivity contribution in [2.45, 2.75) is 19.3 Å². The van der Waals surface area contributed by atoms with Gasteiger partial charge in [0.1, 0.15) is 0 Å². The van der Waals surface area contributed by atoms with Crippen LogP contribution in [0.3, 0.4) is 0 Å². The Morgan fingerprint density at radius 3 is 2.31 bits per heavy atom. The van der Waals surface area contributed by atoms with Crippen molar-refractivity contribution in [3.8, 4) is 0 Å². The molecule has 2 aromatic rings. The molecule has 0 aliphatic carbocycles. The third kappa shape index (κ3) is 8.22. The van der Waals surface area contributed by atoms with Crippen molar-refractivity contribution in [1.82, 2.24) is 0 Å². The fraction of sp³-hybridized carbons (Fsp3) is 0.211. The molecule has 0 spiro atoms. The summed E-state index contributed by atoms with van der Waals surface area (Å²) in [6.45, 7) is -0.444. The highest BCUT2D eigenvalue weighted by molar-refractivity contribution is 9.10. The zero-order valence-electron chi connectivity index (χ0n) is 14.9. The van der Waals surface area contributed by atoms with Crippen molar-refractivity contribution in [1.29, 1.82) is 0 Å². The van der Waals surface area contributed by atoms with Gasteiger partial charge in [0.15, 0.2) is 6.61 Å². The Hall–Kier alpha value is -1.80. The van der Waals surface area contributed by atoms with Crippen molar-refractivity contribution in [3.63, 3.8) is 0 Å². The predicted molar refractivity (Wildman–Crippen MR) is 118 cm³/mol. The lowest BCUT2D eigenvalue weighted by Gasteiger charge is -2.09. The summed E-state index contributed by atoms with van der Waals surface area (Å²) in [6.07, 6.45) is 0.378. The summed E-state index contributed by atoms with van der Waals surface area (Å²) in [4.78, 5) is 35.5. The van der Waals surface area contributed by atoms with E-state index >= 15 is 0 Å². The van der Waals surface area contributed by atoms with E-state index in [0.29, 0.717) is 26.4 Å². The smallest absolute Gasteiger partial charge is 0.306 e. The van der Waals surface area contributed by atoms with Crippen LogP contribution < -0.4 is 10.6 Å².